The van der Waals surface area contributed by atoms with Crippen molar-refractivity contribution in [1.82, 2.24) is 14.5 Å². The van der Waals surface area contributed by atoms with Crippen LogP contribution in [0.1, 0.15) is 22.6 Å². The monoisotopic (exact) mass is 327 g/mol. The van der Waals surface area contributed by atoms with Crippen molar-refractivity contribution in [1.29, 1.82) is 0 Å². The highest BCUT2D eigenvalue weighted by Gasteiger charge is 2.35. The maximum Gasteiger partial charge on any atom is 0.258 e. The summed E-state index contributed by atoms with van der Waals surface area (Å²) in [6, 6.07) is 8.15. The van der Waals surface area contributed by atoms with Crippen LogP contribution in [-0.4, -0.2) is 25.6 Å². The number of amides is 1. The van der Waals surface area contributed by atoms with Gasteiger partial charge in [-0.3, -0.25) is 14.2 Å². The molecule has 1 amide bonds. The van der Waals surface area contributed by atoms with E-state index >= 15 is 0 Å². The van der Waals surface area contributed by atoms with E-state index in [0.29, 0.717) is 24.5 Å². The van der Waals surface area contributed by atoms with Gasteiger partial charge >= 0.3 is 0 Å². The van der Waals surface area contributed by atoms with Gasteiger partial charge in [0.05, 0.1) is 29.6 Å². The predicted octanol–water partition coefficient (Wildman–Crippen LogP) is 1.65. The second-order valence-corrected chi connectivity index (χ2v) is 7.31. The van der Waals surface area contributed by atoms with Crippen molar-refractivity contribution in [3.8, 4) is 0 Å². The molecule has 4 rings (SSSR count). The van der Waals surface area contributed by atoms with Crippen LogP contribution in [0.4, 0.5) is 0 Å². The third kappa shape index (κ3) is 2.28. The van der Waals surface area contributed by atoms with Crippen molar-refractivity contribution in [2.24, 2.45) is 7.05 Å². The van der Waals surface area contributed by atoms with Crippen molar-refractivity contribution in [2.45, 2.75) is 36.6 Å². The van der Waals surface area contributed by atoms with E-state index in [0.717, 1.165) is 12.1 Å². The fraction of sp³-hybridized carbons (Fsp3) is 0.353. The molecule has 2 aliphatic rings. The molecule has 1 atom stereocenters. The Morgan fingerprint density at radius 2 is 2.09 bits per heavy atom. The van der Waals surface area contributed by atoms with Gasteiger partial charge in [-0.2, -0.15) is 0 Å². The number of carbonyl (C=O) groups excluding carboxylic acids is 1. The molecule has 118 valence electrons. The molecule has 0 unspecified atom stereocenters. The van der Waals surface area contributed by atoms with Gasteiger partial charge in [0.1, 0.15) is 5.82 Å². The van der Waals surface area contributed by atoms with Crippen LogP contribution in [0.25, 0.3) is 0 Å². The first-order valence-corrected chi connectivity index (χ1v) is 8.51. The fourth-order valence-corrected chi connectivity index (χ4v) is 4.49. The van der Waals surface area contributed by atoms with Crippen LogP contribution in [0.2, 0.25) is 0 Å². The topological polar surface area (TPSA) is 55.2 Å². The van der Waals surface area contributed by atoms with E-state index < -0.39 is 0 Å². The average molecular weight is 327 g/mol. The number of benzene rings is 1. The Labute approximate surface area is 138 Å². The minimum atomic E-state index is -0.0911. The molecule has 1 aromatic carbocycles. The van der Waals surface area contributed by atoms with E-state index in [1.54, 1.807) is 28.3 Å². The Balaban J connectivity index is 1.56. The summed E-state index contributed by atoms with van der Waals surface area (Å²) in [5.74, 6) is 0.787. The lowest BCUT2D eigenvalue weighted by Gasteiger charge is -2.18. The van der Waals surface area contributed by atoms with Gasteiger partial charge in [-0.15, -0.1) is 11.8 Å². The molecule has 0 saturated heterocycles. The van der Waals surface area contributed by atoms with Gasteiger partial charge in [-0.25, -0.2) is 4.98 Å². The summed E-state index contributed by atoms with van der Waals surface area (Å²) in [6.07, 6.45) is 0.761. The third-order valence-electron chi connectivity index (χ3n) is 4.62. The van der Waals surface area contributed by atoms with Crippen LogP contribution in [0.5, 0.6) is 0 Å². The van der Waals surface area contributed by atoms with Gasteiger partial charge in [0.15, 0.2) is 0 Å². The zero-order valence-electron chi connectivity index (χ0n) is 13.1. The molecule has 5 nitrogen and oxygen atoms in total. The molecule has 2 aliphatic heterocycles. The Bertz CT molecular complexity index is 850. The number of nitrogens with zero attached hydrogens (tertiary/aromatic N) is 3. The molecule has 23 heavy (non-hydrogen) atoms. The number of rotatable bonds is 1. The Morgan fingerprint density at radius 3 is 2.87 bits per heavy atom. The number of carbonyl (C=O) groups is 1. The molecule has 0 bridgehead atoms. The van der Waals surface area contributed by atoms with E-state index in [4.69, 9.17) is 0 Å². The maximum atomic E-state index is 12.8. The predicted molar refractivity (Wildman–Crippen MR) is 88.3 cm³/mol. The van der Waals surface area contributed by atoms with Crippen molar-refractivity contribution in [2.75, 3.05) is 0 Å². The third-order valence-corrected chi connectivity index (χ3v) is 5.92. The van der Waals surface area contributed by atoms with Gasteiger partial charge in [-0.1, -0.05) is 18.2 Å². The molecule has 0 N–H and O–H groups in total. The second-order valence-electron chi connectivity index (χ2n) is 6.06. The molecular formula is C17H17N3O2S. The van der Waals surface area contributed by atoms with Gasteiger partial charge < -0.3 is 4.90 Å². The zero-order chi connectivity index (χ0) is 16.1. The first-order chi connectivity index (χ1) is 11.0. The molecule has 2 aromatic rings. The van der Waals surface area contributed by atoms with Crippen LogP contribution in [0.15, 0.2) is 34.0 Å². The maximum absolute atomic E-state index is 12.8. The van der Waals surface area contributed by atoms with E-state index in [2.05, 4.69) is 17.1 Å². The average Bonchev–Trinajstić information content (AvgIpc) is 3.15. The summed E-state index contributed by atoms with van der Waals surface area (Å²) in [5, 5.41) is -0.0911. The Kier molecular flexibility index (Phi) is 3.30. The highest BCUT2D eigenvalue weighted by atomic mass is 32.2. The lowest BCUT2D eigenvalue weighted by Crippen LogP contribution is -2.34. The van der Waals surface area contributed by atoms with Gasteiger partial charge in [0.25, 0.3) is 5.56 Å². The lowest BCUT2D eigenvalue weighted by atomic mass is 10.1. The van der Waals surface area contributed by atoms with Crippen molar-refractivity contribution < 1.29 is 4.79 Å². The molecule has 1 aromatic heterocycles. The molecule has 6 heteroatoms. The number of fused-ring (bicyclic) bond motifs is 2. The Morgan fingerprint density at radius 1 is 1.30 bits per heavy atom. The largest absolute Gasteiger partial charge is 0.331 e. The van der Waals surface area contributed by atoms with E-state index in [9.17, 15) is 9.59 Å². The lowest BCUT2D eigenvalue weighted by molar-refractivity contribution is -0.131. The van der Waals surface area contributed by atoms with Crippen molar-refractivity contribution >= 4 is 17.7 Å². The van der Waals surface area contributed by atoms with Crippen LogP contribution in [0, 0.1) is 6.92 Å². The molecular weight excluding hydrogens is 310 g/mol. The number of aryl methyl sites for hydroxylation is 1. The first-order valence-electron chi connectivity index (χ1n) is 7.63. The fourth-order valence-electron chi connectivity index (χ4n) is 3.21. The molecule has 0 saturated carbocycles. The smallest absolute Gasteiger partial charge is 0.258 e. The summed E-state index contributed by atoms with van der Waals surface area (Å²) in [7, 11) is 1.72. The van der Waals surface area contributed by atoms with Crippen molar-refractivity contribution in [3.63, 3.8) is 0 Å². The van der Waals surface area contributed by atoms with E-state index in [1.165, 1.54) is 10.5 Å². The van der Waals surface area contributed by atoms with Crippen LogP contribution >= 0.6 is 11.8 Å². The number of hydrogen-bond acceptors (Lipinski definition) is 4. The quantitative estimate of drug-likeness (QED) is 0.799. The Hall–Kier alpha value is -2.08. The second kappa shape index (κ2) is 5.23. The molecule has 0 aliphatic carbocycles. The number of aromatic nitrogens is 2. The zero-order valence-corrected chi connectivity index (χ0v) is 13.9. The summed E-state index contributed by atoms with van der Waals surface area (Å²) < 4.78 is 1.55. The highest BCUT2D eigenvalue weighted by Crippen LogP contribution is 2.38. The van der Waals surface area contributed by atoms with Gasteiger partial charge in [-0.05, 0) is 25.0 Å². The molecule has 0 fully saturated rings. The minimum Gasteiger partial charge on any atom is -0.331 e. The SMILES string of the molecule is Cc1nc2c(c(=O)n1C)CN(C(=O)[C@@H]1Cc3ccccc3S1)C2. The molecule has 0 radical (unpaired) electrons. The van der Waals surface area contributed by atoms with E-state index in [-0.39, 0.29) is 16.7 Å². The standard InChI is InChI=1S/C17H17N3O2S/c1-10-18-13-9-20(8-12(13)16(21)19(10)2)17(22)15-7-11-5-3-4-6-14(11)23-15/h3-6,15H,7-9H2,1-2H3/t15-/m0/s1. The molecule has 0 spiro atoms. The van der Waals surface area contributed by atoms with Crippen LogP contribution in [-0.2, 0) is 31.4 Å². The summed E-state index contributed by atoms with van der Waals surface area (Å²) in [5.41, 5.74) is 2.61. The normalized spacial score (nSPS) is 18.9. The summed E-state index contributed by atoms with van der Waals surface area (Å²) >= 11 is 1.63. The molecule has 3 heterocycles. The first kappa shape index (κ1) is 14.5. The summed E-state index contributed by atoms with van der Waals surface area (Å²) in [6.45, 7) is 2.63. The van der Waals surface area contributed by atoms with E-state index in [1.807, 2.05) is 19.1 Å². The van der Waals surface area contributed by atoms with Crippen LogP contribution < -0.4 is 5.56 Å². The highest BCUT2D eigenvalue weighted by molar-refractivity contribution is 8.01. The number of thioether (sulfide) groups is 1. The summed E-state index contributed by atoms with van der Waals surface area (Å²) in [4.78, 5) is 32.6. The van der Waals surface area contributed by atoms with Gasteiger partial charge in [0.2, 0.25) is 5.91 Å². The van der Waals surface area contributed by atoms with Crippen LogP contribution in [0.3, 0.4) is 0 Å². The minimum absolute atomic E-state index is 0.0369. The van der Waals surface area contributed by atoms with Gasteiger partial charge in [0, 0.05) is 11.9 Å². The number of hydrogen-bond donors (Lipinski definition) is 0. The van der Waals surface area contributed by atoms with Crippen molar-refractivity contribution in [3.05, 3.63) is 57.3 Å².